The van der Waals surface area contributed by atoms with Gasteiger partial charge in [0.15, 0.2) is 5.69 Å². The predicted octanol–water partition coefficient (Wildman–Crippen LogP) is 3.04. The predicted molar refractivity (Wildman–Crippen MR) is 91.3 cm³/mol. The van der Waals surface area contributed by atoms with Crippen molar-refractivity contribution in [2.75, 3.05) is 19.6 Å². The zero-order chi connectivity index (χ0) is 17.6. The summed E-state index contributed by atoms with van der Waals surface area (Å²) in [5.74, 6) is -0.362. The second-order valence-electron chi connectivity index (χ2n) is 5.20. The second-order valence-corrected chi connectivity index (χ2v) is 5.20. The molecular formula is C16H20ClF3N4O. The van der Waals surface area contributed by atoms with Crippen LogP contribution >= 0.6 is 12.4 Å². The molecule has 0 saturated carbocycles. The van der Waals surface area contributed by atoms with E-state index < -0.39 is 11.7 Å². The third-order valence-electron chi connectivity index (χ3n) is 3.27. The van der Waals surface area contributed by atoms with Crippen LogP contribution in [0, 0.1) is 0 Å². The van der Waals surface area contributed by atoms with Gasteiger partial charge in [0.25, 0.3) is 5.91 Å². The van der Waals surface area contributed by atoms with Gasteiger partial charge in [0.05, 0.1) is 11.3 Å². The Labute approximate surface area is 150 Å². The largest absolute Gasteiger partial charge is 0.416 e. The maximum atomic E-state index is 12.7. The fraction of sp³-hybridized carbons (Fsp3) is 0.375. The standard InChI is InChI=1S/C16H19F3N4O.ClH/c1-2-7-20-8-9-21-15(24)14-6-10-23(22-14)13-5-3-4-12(11-13)16(17,18)19;/h3-6,10-11,20H,2,7-9H2,1H3,(H,21,24);1H. The van der Waals surface area contributed by atoms with Crippen molar-refractivity contribution in [1.29, 1.82) is 0 Å². The Kier molecular flexibility index (Phi) is 7.92. The molecule has 0 saturated heterocycles. The lowest BCUT2D eigenvalue weighted by molar-refractivity contribution is -0.137. The van der Waals surface area contributed by atoms with Crippen LogP contribution in [0.15, 0.2) is 36.5 Å². The topological polar surface area (TPSA) is 58.9 Å². The molecule has 5 nitrogen and oxygen atoms in total. The molecule has 1 amide bonds. The zero-order valence-corrected chi connectivity index (χ0v) is 14.5. The number of carbonyl (C=O) groups excluding carboxylic acids is 1. The quantitative estimate of drug-likeness (QED) is 0.730. The van der Waals surface area contributed by atoms with Gasteiger partial charge >= 0.3 is 6.18 Å². The molecule has 138 valence electrons. The van der Waals surface area contributed by atoms with E-state index in [0.717, 1.165) is 25.1 Å². The van der Waals surface area contributed by atoms with E-state index in [9.17, 15) is 18.0 Å². The van der Waals surface area contributed by atoms with E-state index in [2.05, 4.69) is 15.7 Å². The van der Waals surface area contributed by atoms with Crippen molar-refractivity contribution in [3.8, 4) is 5.69 Å². The maximum Gasteiger partial charge on any atom is 0.416 e. The number of rotatable bonds is 7. The molecule has 0 aliphatic heterocycles. The van der Waals surface area contributed by atoms with E-state index in [4.69, 9.17) is 0 Å². The molecule has 0 spiro atoms. The van der Waals surface area contributed by atoms with Gasteiger partial charge in [-0.15, -0.1) is 12.4 Å². The summed E-state index contributed by atoms with van der Waals surface area (Å²) in [6.45, 7) is 4.02. The SMILES string of the molecule is CCCNCCNC(=O)c1ccn(-c2cccc(C(F)(F)F)c2)n1.Cl. The Hall–Kier alpha value is -2.06. The van der Waals surface area contributed by atoms with E-state index >= 15 is 0 Å². The summed E-state index contributed by atoms with van der Waals surface area (Å²) in [5.41, 5.74) is -0.361. The number of benzene rings is 1. The normalized spacial score (nSPS) is 11.0. The Balaban J connectivity index is 0.00000312. The van der Waals surface area contributed by atoms with E-state index in [1.54, 1.807) is 0 Å². The summed E-state index contributed by atoms with van der Waals surface area (Å²) in [7, 11) is 0. The number of hydrogen-bond donors (Lipinski definition) is 2. The molecule has 1 aromatic heterocycles. The molecule has 0 radical (unpaired) electrons. The van der Waals surface area contributed by atoms with E-state index in [0.29, 0.717) is 13.1 Å². The van der Waals surface area contributed by atoms with Gasteiger partial charge in [-0.1, -0.05) is 13.0 Å². The van der Waals surface area contributed by atoms with Crippen LogP contribution in [-0.4, -0.2) is 35.3 Å². The van der Waals surface area contributed by atoms with Gasteiger partial charge in [0.2, 0.25) is 0 Å². The second kappa shape index (κ2) is 9.43. The van der Waals surface area contributed by atoms with Crippen molar-refractivity contribution >= 4 is 18.3 Å². The summed E-state index contributed by atoms with van der Waals surface area (Å²) in [4.78, 5) is 12.0. The monoisotopic (exact) mass is 376 g/mol. The number of alkyl halides is 3. The number of halogens is 4. The maximum absolute atomic E-state index is 12.7. The molecule has 0 aliphatic rings. The molecule has 2 N–H and O–H groups in total. The molecule has 2 aromatic rings. The highest BCUT2D eigenvalue weighted by atomic mass is 35.5. The first-order valence-corrected chi connectivity index (χ1v) is 7.64. The van der Waals surface area contributed by atoms with Gasteiger partial charge in [-0.2, -0.15) is 18.3 Å². The summed E-state index contributed by atoms with van der Waals surface area (Å²) in [6, 6.07) is 6.25. The fourth-order valence-electron chi connectivity index (χ4n) is 2.07. The summed E-state index contributed by atoms with van der Waals surface area (Å²) >= 11 is 0. The lowest BCUT2D eigenvalue weighted by atomic mass is 10.2. The molecule has 0 unspecified atom stereocenters. The number of nitrogens with one attached hydrogen (secondary N) is 2. The van der Waals surface area contributed by atoms with E-state index in [-0.39, 0.29) is 29.7 Å². The molecule has 0 fully saturated rings. The molecule has 2 rings (SSSR count). The molecule has 9 heteroatoms. The van der Waals surface area contributed by atoms with Gasteiger partial charge < -0.3 is 10.6 Å². The Morgan fingerprint density at radius 3 is 2.64 bits per heavy atom. The van der Waals surface area contributed by atoms with E-state index in [1.807, 2.05) is 6.92 Å². The highest BCUT2D eigenvalue weighted by Gasteiger charge is 2.30. The molecule has 1 heterocycles. The van der Waals surface area contributed by atoms with Crippen LogP contribution in [-0.2, 0) is 6.18 Å². The molecule has 0 atom stereocenters. The smallest absolute Gasteiger partial charge is 0.349 e. The number of nitrogens with zero attached hydrogens (tertiary/aromatic N) is 2. The lowest BCUT2D eigenvalue weighted by Gasteiger charge is -2.08. The van der Waals surface area contributed by atoms with Gasteiger partial charge in [-0.25, -0.2) is 4.68 Å². The third-order valence-corrected chi connectivity index (χ3v) is 3.27. The highest BCUT2D eigenvalue weighted by Crippen LogP contribution is 2.30. The Morgan fingerprint density at radius 2 is 1.96 bits per heavy atom. The summed E-state index contributed by atoms with van der Waals surface area (Å²) in [6.07, 6.45) is -1.95. The average molecular weight is 377 g/mol. The molecule has 0 bridgehead atoms. The van der Waals surface area contributed by atoms with Crippen molar-refractivity contribution < 1.29 is 18.0 Å². The molecule has 25 heavy (non-hydrogen) atoms. The highest BCUT2D eigenvalue weighted by molar-refractivity contribution is 5.92. The third kappa shape index (κ3) is 6.06. The summed E-state index contributed by atoms with van der Waals surface area (Å²) < 4.78 is 39.5. The minimum Gasteiger partial charge on any atom is -0.349 e. The summed E-state index contributed by atoms with van der Waals surface area (Å²) in [5, 5.41) is 9.88. The van der Waals surface area contributed by atoms with Crippen molar-refractivity contribution in [3.63, 3.8) is 0 Å². The van der Waals surface area contributed by atoms with Crippen LogP contribution in [0.5, 0.6) is 0 Å². The number of carbonyl (C=O) groups is 1. The Morgan fingerprint density at radius 1 is 1.20 bits per heavy atom. The van der Waals surface area contributed by atoms with Crippen LogP contribution in [0.1, 0.15) is 29.4 Å². The lowest BCUT2D eigenvalue weighted by Crippen LogP contribution is -2.32. The fourth-order valence-corrected chi connectivity index (χ4v) is 2.07. The van der Waals surface area contributed by atoms with Crippen molar-refractivity contribution in [2.45, 2.75) is 19.5 Å². The zero-order valence-electron chi connectivity index (χ0n) is 13.6. The molecular weight excluding hydrogens is 357 g/mol. The minimum absolute atomic E-state index is 0. The van der Waals surface area contributed by atoms with Crippen LogP contribution in [0.4, 0.5) is 13.2 Å². The Bertz CT molecular complexity index is 688. The van der Waals surface area contributed by atoms with E-state index in [1.165, 1.54) is 29.1 Å². The first-order chi connectivity index (χ1) is 11.4. The number of aromatic nitrogens is 2. The van der Waals surface area contributed by atoms with Crippen LogP contribution in [0.25, 0.3) is 5.69 Å². The van der Waals surface area contributed by atoms with Crippen molar-refractivity contribution in [1.82, 2.24) is 20.4 Å². The van der Waals surface area contributed by atoms with Gasteiger partial charge in [0.1, 0.15) is 0 Å². The van der Waals surface area contributed by atoms with Crippen molar-refractivity contribution in [3.05, 3.63) is 47.8 Å². The van der Waals surface area contributed by atoms with Crippen molar-refractivity contribution in [2.24, 2.45) is 0 Å². The van der Waals surface area contributed by atoms with Crippen LogP contribution < -0.4 is 10.6 Å². The number of amides is 1. The minimum atomic E-state index is -4.42. The van der Waals surface area contributed by atoms with Crippen LogP contribution in [0.3, 0.4) is 0 Å². The van der Waals surface area contributed by atoms with Gasteiger partial charge in [0, 0.05) is 19.3 Å². The van der Waals surface area contributed by atoms with Crippen LogP contribution in [0.2, 0.25) is 0 Å². The average Bonchev–Trinajstić information content (AvgIpc) is 3.04. The van der Waals surface area contributed by atoms with Gasteiger partial charge in [-0.05, 0) is 37.2 Å². The molecule has 1 aromatic carbocycles. The molecule has 0 aliphatic carbocycles. The first kappa shape index (κ1) is 21.0. The van der Waals surface area contributed by atoms with Gasteiger partial charge in [-0.3, -0.25) is 4.79 Å². The first-order valence-electron chi connectivity index (χ1n) is 7.64. The number of hydrogen-bond acceptors (Lipinski definition) is 3.